The van der Waals surface area contributed by atoms with Crippen molar-refractivity contribution in [2.24, 2.45) is 0 Å². The fourth-order valence-electron chi connectivity index (χ4n) is 2.57. The van der Waals surface area contributed by atoms with E-state index in [2.05, 4.69) is 4.98 Å². The van der Waals surface area contributed by atoms with Gasteiger partial charge in [0.15, 0.2) is 5.76 Å². The van der Waals surface area contributed by atoms with Crippen LogP contribution in [-0.4, -0.2) is 28.9 Å². The molecule has 3 rings (SSSR count). The van der Waals surface area contributed by atoms with Gasteiger partial charge >= 0.3 is 0 Å². The first kappa shape index (κ1) is 16.5. The zero-order chi connectivity index (χ0) is 17.6. The lowest BCUT2D eigenvalue weighted by Crippen LogP contribution is -2.31. The predicted octanol–water partition coefficient (Wildman–Crippen LogP) is 3.99. The average Bonchev–Trinajstić information content (AvgIpc) is 3.16. The molecule has 0 fully saturated rings. The number of carbonyl (C=O) groups excluding carboxylic acids is 1. The number of nitrogens with zero attached hydrogens (tertiary/aromatic N) is 3. The van der Waals surface area contributed by atoms with E-state index < -0.39 is 0 Å². The van der Waals surface area contributed by atoms with Crippen molar-refractivity contribution in [3.05, 3.63) is 66.4 Å². The normalized spacial score (nSPS) is 10.2. The number of nitriles is 1. The van der Waals surface area contributed by atoms with E-state index in [0.29, 0.717) is 29.3 Å². The summed E-state index contributed by atoms with van der Waals surface area (Å²) in [4.78, 5) is 18.6. The highest BCUT2D eigenvalue weighted by Crippen LogP contribution is 2.28. The van der Waals surface area contributed by atoms with Crippen LogP contribution in [0.1, 0.15) is 17.3 Å². The van der Waals surface area contributed by atoms with Crippen LogP contribution in [0.2, 0.25) is 0 Å². The van der Waals surface area contributed by atoms with Crippen LogP contribution in [0.5, 0.6) is 0 Å². The Kier molecular flexibility index (Phi) is 4.91. The zero-order valence-corrected chi connectivity index (χ0v) is 13.8. The Labute approximate surface area is 146 Å². The van der Waals surface area contributed by atoms with Crippen LogP contribution in [0.15, 0.2) is 65.2 Å². The molecule has 0 spiro atoms. The van der Waals surface area contributed by atoms with E-state index in [9.17, 15) is 4.79 Å². The molecule has 0 bridgehead atoms. The first-order valence-electron chi connectivity index (χ1n) is 8.01. The van der Waals surface area contributed by atoms with Crippen molar-refractivity contribution in [2.45, 2.75) is 6.92 Å². The van der Waals surface area contributed by atoms with E-state index in [1.807, 2.05) is 49.4 Å². The maximum Gasteiger partial charge on any atom is 0.255 e. The van der Waals surface area contributed by atoms with Crippen molar-refractivity contribution in [1.82, 2.24) is 9.88 Å². The summed E-state index contributed by atoms with van der Waals surface area (Å²) in [5, 5.41) is 8.90. The number of rotatable bonds is 5. The number of carbonyl (C=O) groups is 1. The number of hydrogen-bond acceptors (Lipinski definition) is 4. The molecule has 0 aliphatic rings. The van der Waals surface area contributed by atoms with Crippen molar-refractivity contribution >= 4 is 5.91 Å². The quantitative estimate of drug-likeness (QED) is 0.663. The SMILES string of the molecule is CCN(CC#N)C(=O)c1ccccc1-c1ncc(-c2ccccc2)o1. The highest BCUT2D eigenvalue weighted by molar-refractivity contribution is 6.00. The third kappa shape index (κ3) is 3.43. The maximum atomic E-state index is 12.7. The number of amides is 1. The lowest BCUT2D eigenvalue weighted by Gasteiger charge is -2.18. The second-order valence-corrected chi connectivity index (χ2v) is 5.42. The molecule has 0 radical (unpaired) electrons. The first-order valence-corrected chi connectivity index (χ1v) is 8.01. The molecule has 5 heteroatoms. The molecule has 1 amide bonds. The Hall–Kier alpha value is -3.39. The fourth-order valence-corrected chi connectivity index (χ4v) is 2.57. The third-order valence-corrected chi connectivity index (χ3v) is 3.88. The van der Waals surface area contributed by atoms with Crippen LogP contribution in [0, 0.1) is 11.3 Å². The maximum absolute atomic E-state index is 12.7. The third-order valence-electron chi connectivity index (χ3n) is 3.88. The topological polar surface area (TPSA) is 70.1 Å². The Morgan fingerprint density at radius 1 is 1.16 bits per heavy atom. The average molecular weight is 331 g/mol. The molecule has 1 aromatic heterocycles. The molecule has 3 aromatic rings. The van der Waals surface area contributed by atoms with Gasteiger partial charge in [-0.3, -0.25) is 4.79 Å². The molecule has 0 aliphatic heterocycles. The number of oxazole rings is 1. The summed E-state index contributed by atoms with van der Waals surface area (Å²) in [5.74, 6) is 0.817. The van der Waals surface area contributed by atoms with Gasteiger partial charge < -0.3 is 9.32 Å². The standard InChI is InChI=1S/C20H17N3O2/c1-2-23(13-12-21)20(24)17-11-7-6-10-16(17)19-22-14-18(25-19)15-8-4-3-5-9-15/h3-11,14H,2,13H2,1H3. The van der Waals surface area contributed by atoms with Crippen LogP contribution in [0.4, 0.5) is 0 Å². The Morgan fingerprint density at radius 2 is 1.88 bits per heavy atom. The summed E-state index contributed by atoms with van der Waals surface area (Å²) in [6.45, 7) is 2.35. The smallest absolute Gasteiger partial charge is 0.255 e. The molecule has 0 saturated heterocycles. The fraction of sp³-hybridized carbons (Fsp3) is 0.150. The minimum absolute atomic E-state index is 0.0461. The lowest BCUT2D eigenvalue weighted by molar-refractivity contribution is 0.0784. The van der Waals surface area contributed by atoms with Crippen LogP contribution < -0.4 is 0 Å². The molecule has 0 saturated carbocycles. The molecule has 5 nitrogen and oxygen atoms in total. The van der Waals surface area contributed by atoms with Crippen LogP contribution in [0.25, 0.3) is 22.8 Å². The van der Waals surface area contributed by atoms with Gasteiger partial charge in [0.25, 0.3) is 5.91 Å². The van der Waals surface area contributed by atoms with E-state index >= 15 is 0 Å². The van der Waals surface area contributed by atoms with Gasteiger partial charge in [0.05, 0.1) is 17.8 Å². The van der Waals surface area contributed by atoms with Gasteiger partial charge in [-0.1, -0.05) is 42.5 Å². The lowest BCUT2D eigenvalue weighted by atomic mass is 10.1. The Morgan fingerprint density at radius 3 is 2.60 bits per heavy atom. The van der Waals surface area contributed by atoms with Crippen molar-refractivity contribution in [3.8, 4) is 28.8 Å². The molecular weight excluding hydrogens is 314 g/mol. The monoisotopic (exact) mass is 331 g/mol. The highest BCUT2D eigenvalue weighted by atomic mass is 16.4. The Bertz CT molecular complexity index is 910. The van der Waals surface area contributed by atoms with Crippen molar-refractivity contribution in [3.63, 3.8) is 0 Å². The van der Waals surface area contributed by atoms with E-state index in [4.69, 9.17) is 9.68 Å². The van der Waals surface area contributed by atoms with Gasteiger partial charge in [0, 0.05) is 17.7 Å². The van der Waals surface area contributed by atoms with Gasteiger partial charge in [-0.05, 0) is 19.1 Å². The second kappa shape index (κ2) is 7.45. The largest absolute Gasteiger partial charge is 0.436 e. The number of hydrogen-bond donors (Lipinski definition) is 0. The van der Waals surface area contributed by atoms with E-state index in [0.717, 1.165) is 5.56 Å². The van der Waals surface area contributed by atoms with Gasteiger partial charge in [0.2, 0.25) is 5.89 Å². The summed E-state index contributed by atoms with van der Waals surface area (Å²) in [7, 11) is 0. The Balaban J connectivity index is 1.98. The molecule has 0 aliphatic carbocycles. The van der Waals surface area contributed by atoms with Crippen LogP contribution in [0.3, 0.4) is 0 Å². The second-order valence-electron chi connectivity index (χ2n) is 5.42. The summed E-state index contributed by atoms with van der Waals surface area (Å²) in [6.07, 6.45) is 1.65. The van der Waals surface area contributed by atoms with Gasteiger partial charge in [-0.15, -0.1) is 0 Å². The van der Waals surface area contributed by atoms with Crippen molar-refractivity contribution in [2.75, 3.05) is 13.1 Å². The summed E-state index contributed by atoms with van der Waals surface area (Å²) < 4.78 is 5.87. The summed E-state index contributed by atoms with van der Waals surface area (Å²) >= 11 is 0. The molecule has 0 N–H and O–H groups in total. The number of aromatic nitrogens is 1. The van der Waals surface area contributed by atoms with E-state index in [1.165, 1.54) is 4.90 Å². The molecule has 0 atom stereocenters. The van der Waals surface area contributed by atoms with Gasteiger partial charge in [-0.25, -0.2) is 4.98 Å². The molecular formula is C20H17N3O2. The van der Waals surface area contributed by atoms with Crippen LogP contribution >= 0.6 is 0 Å². The minimum atomic E-state index is -0.209. The van der Waals surface area contributed by atoms with Gasteiger partial charge in [-0.2, -0.15) is 5.26 Å². The molecule has 124 valence electrons. The highest BCUT2D eigenvalue weighted by Gasteiger charge is 2.20. The van der Waals surface area contributed by atoms with Crippen LogP contribution in [-0.2, 0) is 0 Å². The molecule has 2 aromatic carbocycles. The first-order chi connectivity index (χ1) is 12.2. The van der Waals surface area contributed by atoms with Crippen molar-refractivity contribution in [1.29, 1.82) is 5.26 Å². The summed E-state index contributed by atoms with van der Waals surface area (Å²) in [6, 6.07) is 18.8. The summed E-state index contributed by atoms with van der Waals surface area (Å²) in [5.41, 5.74) is 2.01. The van der Waals surface area contributed by atoms with Crippen molar-refractivity contribution < 1.29 is 9.21 Å². The number of benzene rings is 2. The van der Waals surface area contributed by atoms with Gasteiger partial charge in [0.1, 0.15) is 6.54 Å². The minimum Gasteiger partial charge on any atom is -0.436 e. The predicted molar refractivity (Wildman–Crippen MR) is 94.6 cm³/mol. The molecule has 1 heterocycles. The molecule has 25 heavy (non-hydrogen) atoms. The molecule has 0 unspecified atom stereocenters. The van der Waals surface area contributed by atoms with E-state index in [1.54, 1.807) is 24.4 Å². The van der Waals surface area contributed by atoms with E-state index in [-0.39, 0.29) is 12.5 Å². The zero-order valence-electron chi connectivity index (χ0n) is 13.8.